The van der Waals surface area contributed by atoms with Gasteiger partial charge in [0.2, 0.25) is 5.91 Å². The van der Waals surface area contributed by atoms with E-state index in [4.69, 9.17) is 14.9 Å². The lowest BCUT2D eigenvalue weighted by molar-refractivity contribution is -0.156. The number of carboxylic acids is 1. The standard InChI is InChI=1S/C13H21NO5/c1-8-7-19-9(6-15)5-14(8)12(16)10-3-2-4-11(10)13(17)18/h8-11,15H,2-7H2,1H3,(H,17,18)/t8?,9?,10-,11+/m1/s1. The number of carboxylic acid groups (broad SMARTS) is 1. The SMILES string of the molecule is CC1COC(CO)CN1C(=O)[C@@H]1CCC[C@@H]1C(=O)O. The van der Waals surface area contributed by atoms with Gasteiger partial charge >= 0.3 is 5.97 Å². The van der Waals surface area contributed by atoms with E-state index in [1.807, 2.05) is 6.92 Å². The van der Waals surface area contributed by atoms with Crippen LogP contribution in [0.15, 0.2) is 0 Å². The van der Waals surface area contributed by atoms with Crippen LogP contribution < -0.4 is 0 Å². The van der Waals surface area contributed by atoms with Crippen LogP contribution in [0.1, 0.15) is 26.2 Å². The van der Waals surface area contributed by atoms with Crippen molar-refractivity contribution in [2.24, 2.45) is 11.8 Å². The molecule has 2 N–H and O–H groups in total. The normalized spacial score (nSPS) is 35.4. The van der Waals surface area contributed by atoms with Gasteiger partial charge < -0.3 is 19.8 Å². The van der Waals surface area contributed by atoms with Crippen molar-refractivity contribution in [2.45, 2.75) is 38.3 Å². The summed E-state index contributed by atoms with van der Waals surface area (Å²) in [5, 5.41) is 18.3. The van der Waals surface area contributed by atoms with Gasteiger partial charge in [0.05, 0.1) is 37.2 Å². The maximum atomic E-state index is 12.5. The van der Waals surface area contributed by atoms with E-state index in [0.717, 1.165) is 6.42 Å². The van der Waals surface area contributed by atoms with E-state index >= 15 is 0 Å². The first-order chi connectivity index (χ1) is 9.04. The number of nitrogens with zero attached hydrogens (tertiary/aromatic N) is 1. The molecule has 0 aromatic rings. The van der Waals surface area contributed by atoms with E-state index in [9.17, 15) is 9.59 Å². The molecule has 1 heterocycles. The first-order valence-electron chi connectivity index (χ1n) is 6.80. The number of aliphatic hydroxyl groups excluding tert-OH is 1. The highest BCUT2D eigenvalue weighted by Crippen LogP contribution is 2.34. The third kappa shape index (κ3) is 2.90. The number of aliphatic carboxylic acids is 1. The molecule has 6 nitrogen and oxygen atoms in total. The summed E-state index contributed by atoms with van der Waals surface area (Å²) in [6.45, 7) is 2.50. The van der Waals surface area contributed by atoms with E-state index in [-0.39, 0.29) is 24.7 Å². The number of ether oxygens (including phenoxy) is 1. The van der Waals surface area contributed by atoms with E-state index in [1.54, 1.807) is 4.90 Å². The van der Waals surface area contributed by atoms with Crippen LogP contribution in [0.3, 0.4) is 0 Å². The molecular weight excluding hydrogens is 250 g/mol. The summed E-state index contributed by atoms with van der Waals surface area (Å²) < 4.78 is 5.40. The highest BCUT2D eigenvalue weighted by Gasteiger charge is 2.42. The molecule has 1 amide bonds. The summed E-state index contributed by atoms with van der Waals surface area (Å²) in [5.41, 5.74) is 0. The van der Waals surface area contributed by atoms with Gasteiger partial charge in [0.25, 0.3) is 0 Å². The first-order valence-corrected chi connectivity index (χ1v) is 6.80. The number of rotatable bonds is 3. The lowest BCUT2D eigenvalue weighted by Gasteiger charge is -2.39. The minimum Gasteiger partial charge on any atom is -0.481 e. The lowest BCUT2D eigenvalue weighted by Crippen LogP contribution is -2.54. The van der Waals surface area contributed by atoms with E-state index < -0.39 is 17.8 Å². The number of amides is 1. The van der Waals surface area contributed by atoms with Crippen molar-refractivity contribution in [3.05, 3.63) is 0 Å². The van der Waals surface area contributed by atoms with Gasteiger partial charge in [-0.05, 0) is 19.8 Å². The third-order valence-electron chi connectivity index (χ3n) is 4.14. The number of aliphatic hydroxyl groups is 1. The fraction of sp³-hybridized carbons (Fsp3) is 0.846. The third-order valence-corrected chi connectivity index (χ3v) is 4.14. The second-order valence-corrected chi connectivity index (χ2v) is 5.46. The first kappa shape index (κ1) is 14.3. The number of morpholine rings is 1. The predicted molar refractivity (Wildman–Crippen MR) is 66.5 cm³/mol. The van der Waals surface area contributed by atoms with Crippen LogP contribution in [0.5, 0.6) is 0 Å². The maximum Gasteiger partial charge on any atom is 0.307 e. The zero-order valence-corrected chi connectivity index (χ0v) is 11.1. The molecule has 108 valence electrons. The van der Waals surface area contributed by atoms with Gasteiger partial charge in [0.15, 0.2) is 0 Å². The molecule has 0 aromatic carbocycles. The van der Waals surface area contributed by atoms with Crippen LogP contribution in [0.2, 0.25) is 0 Å². The van der Waals surface area contributed by atoms with Gasteiger partial charge in [-0.25, -0.2) is 0 Å². The molecule has 6 heteroatoms. The zero-order valence-electron chi connectivity index (χ0n) is 11.1. The highest BCUT2D eigenvalue weighted by atomic mass is 16.5. The molecule has 2 fully saturated rings. The average molecular weight is 271 g/mol. The van der Waals surface area contributed by atoms with Crippen molar-refractivity contribution < 1.29 is 24.5 Å². The van der Waals surface area contributed by atoms with Crippen molar-refractivity contribution in [1.82, 2.24) is 4.90 Å². The summed E-state index contributed by atoms with van der Waals surface area (Å²) in [5.74, 6) is -1.96. The molecule has 19 heavy (non-hydrogen) atoms. The molecule has 0 bridgehead atoms. The van der Waals surface area contributed by atoms with Gasteiger partial charge in [-0.15, -0.1) is 0 Å². The molecule has 1 saturated heterocycles. The Kier molecular flexibility index (Phi) is 4.42. The largest absolute Gasteiger partial charge is 0.481 e. The van der Waals surface area contributed by atoms with Crippen molar-refractivity contribution >= 4 is 11.9 Å². The summed E-state index contributed by atoms with van der Waals surface area (Å²) in [4.78, 5) is 25.4. The van der Waals surface area contributed by atoms with Gasteiger partial charge in [0, 0.05) is 6.54 Å². The van der Waals surface area contributed by atoms with Crippen LogP contribution in [-0.2, 0) is 14.3 Å². The van der Waals surface area contributed by atoms with Crippen molar-refractivity contribution in [3.8, 4) is 0 Å². The molecule has 2 rings (SSSR count). The molecule has 2 aliphatic rings. The molecular formula is C13H21NO5. The second-order valence-electron chi connectivity index (χ2n) is 5.46. The topological polar surface area (TPSA) is 87.1 Å². The average Bonchev–Trinajstić information content (AvgIpc) is 2.88. The molecule has 4 atom stereocenters. The second kappa shape index (κ2) is 5.88. The van der Waals surface area contributed by atoms with Crippen LogP contribution in [-0.4, -0.2) is 58.9 Å². The molecule has 2 unspecified atom stereocenters. The molecule has 1 aliphatic heterocycles. The Morgan fingerprint density at radius 3 is 2.63 bits per heavy atom. The van der Waals surface area contributed by atoms with Crippen LogP contribution in [0.25, 0.3) is 0 Å². The van der Waals surface area contributed by atoms with Crippen molar-refractivity contribution in [2.75, 3.05) is 19.8 Å². The summed E-state index contributed by atoms with van der Waals surface area (Å²) >= 11 is 0. The number of carbonyl (C=O) groups is 2. The van der Waals surface area contributed by atoms with Gasteiger partial charge in [-0.1, -0.05) is 6.42 Å². The predicted octanol–water partition coefficient (Wildman–Crippen LogP) is 0.0955. The van der Waals surface area contributed by atoms with E-state index in [1.165, 1.54) is 0 Å². The zero-order chi connectivity index (χ0) is 14.0. The van der Waals surface area contributed by atoms with Gasteiger partial charge in [-0.2, -0.15) is 0 Å². The van der Waals surface area contributed by atoms with Crippen LogP contribution in [0.4, 0.5) is 0 Å². The molecule has 0 aromatic heterocycles. The molecule has 0 spiro atoms. The van der Waals surface area contributed by atoms with E-state index in [2.05, 4.69) is 0 Å². The molecule has 1 aliphatic carbocycles. The number of carbonyl (C=O) groups excluding carboxylic acids is 1. The Bertz CT molecular complexity index is 359. The van der Waals surface area contributed by atoms with E-state index in [0.29, 0.717) is 26.0 Å². The Hall–Kier alpha value is -1.14. The summed E-state index contributed by atoms with van der Waals surface area (Å²) in [6, 6.07) is -0.0645. The van der Waals surface area contributed by atoms with Crippen LogP contribution >= 0.6 is 0 Å². The minimum absolute atomic E-state index is 0.0645. The van der Waals surface area contributed by atoms with Crippen molar-refractivity contribution in [3.63, 3.8) is 0 Å². The molecule has 0 radical (unpaired) electrons. The Morgan fingerprint density at radius 2 is 2.00 bits per heavy atom. The fourth-order valence-corrected chi connectivity index (χ4v) is 3.00. The number of hydrogen-bond acceptors (Lipinski definition) is 4. The monoisotopic (exact) mass is 271 g/mol. The van der Waals surface area contributed by atoms with Crippen LogP contribution in [0, 0.1) is 11.8 Å². The summed E-state index contributed by atoms with van der Waals surface area (Å²) in [7, 11) is 0. The highest BCUT2D eigenvalue weighted by molar-refractivity contribution is 5.85. The fourth-order valence-electron chi connectivity index (χ4n) is 3.00. The Balaban J connectivity index is 2.07. The molecule has 1 saturated carbocycles. The quantitative estimate of drug-likeness (QED) is 0.760. The Labute approximate surface area is 112 Å². The van der Waals surface area contributed by atoms with Crippen molar-refractivity contribution in [1.29, 1.82) is 0 Å². The Morgan fingerprint density at radius 1 is 1.32 bits per heavy atom. The van der Waals surface area contributed by atoms with Gasteiger partial charge in [-0.3, -0.25) is 9.59 Å². The van der Waals surface area contributed by atoms with Gasteiger partial charge in [0.1, 0.15) is 0 Å². The smallest absolute Gasteiger partial charge is 0.307 e. The maximum absolute atomic E-state index is 12.5. The minimum atomic E-state index is -0.879. The summed E-state index contributed by atoms with van der Waals surface area (Å²) in [6.07, 6.45) is 1.65. The number of hydrogen-bond donors (Lipinski definition) is 2. The lowest BCUT2D eigenvalue weighted by atomic mass is 9.94.